The number of hydrogen-bond acceptors (Lipinski definition) is 4. The SMILES string of the molecule is COCC(CCCN)Nc1ccc(OC(C)C)cc1. The fourth-order valence-corrected chi connectivity index (χ4v) is 1.90. The van der Waals surface area contributed by atoms with Gasteiger partial charge in [-0.3, -0.25) is 0 Å². The number of methoxy groups -OCH3 is 1. The van der Waals surface area contributed by atoms with E-state index in [2.05, 4.69) is 5.32 Å². The summed E-state index contributed by atoms with van der Waals surface area (Å²) in [6.45, 7) is 5.44. The summed E-state index contributed by atoms with van der Waals surface area (Å²) in [6, 6.07) is 8.32. The Morgan fingerprint density at radius 1 is 1.21 bits per heavy atom. The van der Waals surface area contributed by atoms with Gasteiger partial charge in [-0.2, -0.15) is 0 Å². The quantitative estimate of drug-likeness (QED) is 0.721. The van der Waals surface area contributed by atoms with E-state index in [0.29, 0.717) is 19.2 Å². The summed E-state index contributed by atoms with van der Waals surface area (Å²) in [4.78, 5) is 0. The second-order valence-corrected chi connectivity index (χ2v) is 4.92. The van der Waals surface area contributed by atoms with Gasteiger partial charge in [-0.15, -0.1) is 0 Å². The molecule has 1 rings (SSSR count). The molecular formula is C15H26N2O2. The number of ether oxygens (including phenoxy) is 2. The lowest BCUT2D eigenvalue weighted by Gasteiger charge is -2.19. The molecule has 0 aromatic heterocycles. The highest BCUT2D eigenvalue weighted by atomic mass is 16.5. The Morgan fingerprint density at radius 3 is 2.42 bits per heavy atom. The van der Waals surface area contributed by atoms with E-state index >= 15 is 0 Å². The van der Waals surface area contributed by atoms with Crippen molar-refractivity contribution in [3.8, 4) is 5.75 Å². The van der Waals surface area contributed by atoms with Crippen LogP contribution in [-0.2, 0) is 4.74 Å². The standard InChI is InChI=1S/C15H26N2O2/c1-12(2)19-15-8-6-13(7-9-15)17-14(11-18-3)5-4-10-16/h6-9,12,14,17H,4-5,10-11,16H2,1-3H3. The van der Waals surface area contributed by atoms with Crippen molar-refractivity contribution in [3.63, 3.8) is 0 Å². The first-order valence-electron chi connectivity index (χ1n) is 6.88. The van der Waals surface area contributed by atoms with E-state index in [1.165, 1.54) is 0 Å². The Bertz CT molecular complexity index is 339. The van der Waals surface area contributed by atoms with Crippen LogP contribution in [0.25, 0.3) is 0 Å². The van der Waals surface area contributed by atoms with Crippen molar-refractivity contribution in [2.24, 2.45) is 5.73 Å². The Morgan fingerprint density at radius 2 is 1.89 bits per heavy atom. The van der Waals surface area contributed by atoms with Crippen LogP contribution in [0.4, 0.5) is 5.69 Å². The van der Waals surface area contributed by atoms with Crippen LogP contribution in [0, 0.1) is 0 Å². The number of anilines is 1. The minimum Gasteiger partial charge on any atom is -0.491 e. The summed E-state index contributed by atoms with van der Waals surface area (Å²) >= 11 is 0. The Labute approximate surface area is 116 Å². The number of hydrogen-bond donors (Lipinski definition) is 2. The third kappa shape index (κ3) is 6.45. The highest BCUT2D eigenvalue weighted by Gasteiger charge is 2.08. The molecule has 0 bridgehead atoms. The van der Waals surface area contributed by atoms with Crippen molar-refractivity contribution in [2.45, 2.75) is 38.8 Å². The second kappa shape index (κ2) is 8.77. The van der Waals surface area contributed by atoms with Crippen LogP contribution in [0.3, 0.4) is 0 Å². The number of benzene rings is 1. The lowest BCUT2D eigenvalue weighted by molar-refractivity contribution is 0.182. The number of nitrogens with two attached hydrogens (primary N) is 1. The molecule has 1 aromatic carbocycles. The molecule has 19 heavy (non-hydrogen) atoms. The normalized spacial score (nSPS) is 12.5. The van der Waals surface area contributed by atoms with Crippen LogP contribution in [-0.4, -0.2) is 32.4 Å². The fraction of sp³-hybridized carbons (Fsp3) is 0.600. The molecule has 4 nitrogen and oxygen atoms in total. The van der Waals surface area contributed by atoms with Crippen LogP contribution >= 0.6 is 0 Å². The topological polar surface area (TPSA) is 56.5 Å². The van der Waals surface area contributed by atoms with Crippen LogP contribution in [0.15, 0.2) is 24.3 Å². The van der Waals surface area contributed by atoms with Crippen LogP contribution in [0.1, 0.15) is 26.7 Å². The minimum atomic E-state index is 0.199. The molecule has 0 amide bonds. The summed E-state index contributed by atoms with van der Waals surface area (Å²) < 4.78 is 10.8. The fourth-order valence-electron chi connectivity index (χ4n) is 1.90. The molecule has 0 saturated heterocycles. The van der Waals surface area contributed by atoms with Gasteiger partial charge >= 0.3 is 0 Å². The summed E-state index contributed by atoms with van der Waals surface area (Å²) in [5.74, 6) is 0.894. The molecule has 4 heteroatoms. The van der Waals surface area contributed by atoms with E-state index < -0.39 is 0 Å². The van der Waals surface area contributed by atoms with Crippen molar-refractivity contribution in [1.29, 1.82) is 0 Å². The summed E-state index contributed by atoms with van der Waals surface area (Å²) in [5, 5.41) is 3.46. The molecular weight excluding hydrogens is 240 g/mol. The maximum absolute atomic E-state index is 5.62. The van der Waals surface area contributed by atoms with Gasteiger partial charge in [0.25, 0.3) is 0 Å². The van der Waals surface area contributed by atoms with Gasteiger partial charge in [-0.05, 0) is 57.5 Å². The molecule has 0 fully saturated rings. The van der Waals surface area contributed by atoms with Crippen LogP contribution in [0.2, 0.25) is 0 Å². The Balaban J connectivity index is 2.53. The van der Waals surface area contributed by atoms with Crippen LogP contribution in [0.5, 0.6) is 5.75 Å². The minimum absolute atomic E-state index is 0.199. The average molecular weight is 266 g/mol. The Kier molecular flexibility index (Phi) is 7.30. The lowest BCUT2D eigenvalue weighted by atomic mass is 10.1. The zero-order valence-corrected chi connectivity index (χ0v) is 12.2. The van der Waals surface area contributed by atoms with Gasteiger partial charge in [0.2, 0.25) is 0 Å². The molecule has 0 saturated carbocycles. The molecule has 0 aliphatic carbocycles. The average Bonchev–Trinajstić information content (AvgIpc) is 2.38. The Hall–Kier alpha value is -1.26. The molecule has 1 unspecified atom stereocenters. The second-order valence-electron chi connectivity index (χ2n) is 4.92. The largest absolute Gasteiger partial charge is 0.491 e. The molecule has 3 N–H and O–H groups in total. The van der Waals surface area contributed by atoms with Crippen molar-refractivity contribution >= 4 is 5.69 Å². The number of rotatable bonds is 9. The van der Waals surface area contributed by atoms with E-state index in [1.807, 2.05) is 38.1 Å². The first kappa shape index (κ1) is 15.8. The van der Waals surface area contributed by atoms with Gasteiger partial charge < -0.3 is 20.5 Å². The maximum atomic E-state index is 5.62. The first-order valence-corrected chi connectivity index (χ1v) is 6.88. The van der Waals surface area contributed by atoms with Crippen molar-refractivity contribution in [3.05, 3.63) is 24.3 Å². The summed E-state index contributed by atoms with van der Waals surface area (Å²) in [6.07, 6.45) is 2.20. The predicted octanol–water partition coefficient (Wildman–Crippen LogP) is 2.64. The summed E-state index contributed by atoms with van der Waals surface area (Å²) in [5.41, 5.74) is 6.63. The zero-order valence-electron chi connectivity index (χ0n) is 12.2. The van der Waals surface area contributed by atoms with E-state index in [9.17, 15) is 0 Å². The predicted molar refractivity (Wildman–Crippen MR) is 79.8 cm³/mol. The van der Waals surface area contributed by atoms with Crippen LogP contribution < -0.4 is 15.8 Å². The van der Waals surface area contributed by atoms with Gasteiger partial charge in [0.05, 0.1) is 12.7 Å². The van der Waals surface area contributed by atoms with Gasteiger partial charge in [-0.25, -0.2) is 0 Å². The third-order valence-electron chi connectivity index (χ3n) is 2.72. The molecule has 1 aromatic rings. The van der Waals surface area contributed by atoms with Gasteiger partial charge in [0.1, 0.15) is 5.75 Å². The zero-order chi connectivity index (χ0) is 14.1. The number of nitrogens with one attached hydrogen (secondary N) is 1. The van der Waals surface area contributed by atoms with Crippen molar-refractivity contribution < 1.29 is 9.47 Å². The maximum Gasteiger partial charge on any atom is 0.119 e. The highest BCUT2D eigenvalue weighted by Crippen LogP contribution is 2.18. The van der Waals surface area contributed by atoms with Gasteiger partial charge in [0.15, 0.2) is 0 Å². The van der Waals surface area contributed by atoms with Crippen molar-refractivity contribution in [2.75, 3.05) is 25.6 Å². The molecule has 1 atom stereocenters. The molecule has 108 valence electrons. The molecule has 0 spiro atoms. The van der Waals surface area contributed by atoms with Gasteiger partial charge in [0, 0.05) is 18.8 Å². The van der Waals surface area contributed by atoms with E-state index in [4.69, 9.17) is 15.2 Å². The van der Waals surface area contributed by atoms with E-state index in [0.717, 1.165) is 24.3 Å². The smallest absolute Gasteiger partial charge is 0.119 e. The first-order chi connectivity index (χ1) is 9.15. The van der Waals surface area contributed by atoms with E-state index in [-0.39, 0.29) is 6.10 Å². The highest BCUT2D eigenvalue weighted by molar-refractivity contribution is 5.47. The monoisotopic (exact) mass is 266 g/mol. The molecule has 0 aliphatic rings. The summed E-state index contributed by atoms with van der Waals surface area (Å²) in [7, 11) is 1.72. The third-order valence-corrected chi connectivity index (χ3v) is 2.72. The molecule has 0 aliphatic heterocycles. The van der Waals surface area contributed by atoms with Crippen molar-refractivity contribution in [1.82, 2.24) is 0 Å². The lowest BCUT2D eigenvalue weighted by Crippen LogP contribution is -2.25. The van der Waals surface area contributed by atoms with Gasteiger partial charge in [-0.1, -0.05) is 0 Å². The van der Waals surface area contributed by atoms with E-state index in [1.54, 1.807) is 7.11 Å². The molecule has 0 heterocycles. The molecule has 0 radical (unpaired) electrons.